The molecule has 0 aliphatic rings. The van der Waals surface area contributed by atoms with Crippen LogP contribution < -0.4 is 5.73 Å². The highest BCUT2D eigenvalue weighted by molar-refractivity contribution is 7.91. The summed E-state index contributed by atoms with van der Waals surface area (Å²) in [5.41, 5.74) is 5.45. The van der Waals surface area contributed by atoms with Crippen LogP contribution in [-0.2, 0) is 9.84 Å². The van der Waals surface area contributed by atoms with Crippen LogP contribution in [0.2, 0.25) is 0 Å². The lowest BCUT2D eigenvalue weighted by Gasteiger charge is -2.22. The van der Waals surface area contributed by atoms with E-state index < -0.39 is 9.84 Å². The molecule has 2 N–H and O–H groups in total. The molecule has 0 amide bonds. The third-order valence-electron chi connectivity index (χ3n) is 2.29. The minimum Gasteiger partial charge on any atom is -0.329 e. The first-order chi connectivity index (χ1) is 5.93. The van der Waals surface area contributed by atoms with Gasteiger partial charge in [0.25, 0.3) is 0 Å². The molecule has 80 valence electrons. The van der Waals surface area contributed by atoms with Crippen molar-refractivity contribution in [2.24, 2.45) is 5.73 Å². The highest BCUT2D eigenvalue weighted by Crippen LogP contribution is 1.96. The van der Waals surface area contributed by atoms with Gasteiger partial charge in [-0.05, 0) is 14.0 Å². The van der Waals surface area contributed by atoms with Crippen LogP contribution in [0.15, 0.2) is 0 Å². The average Bonchev–Trinajstić information content (AvgIpc) is 2.13. The molecule has 0 rings (SSSR count). The molecule has 1 unspecified atom stereocenters. The molecule has 1 atom stereocenters. The van der Waals surface area contributed by atoms with E-state index in [-0.39, 0.29) is 17.5 Å². The lowest BCUT2D eigenvalue weighted by molar-refractivity contribution is 0.277. The second-order valence-corrected chi connectivity index (χ2v) is 5.77. The van der Waals surface area contributed by atoms with Crippen LogP contribution in [-0.4, -0.2) is 51.0 Å². The molecule has 0 aliphatic carbocycles. The molecule has 0 heterocycles. The first-order valence-electron chi connectivity index (χ1n) is 4.53. The van der Waals surface area contributed by atoms with Crippen LogP contribution >= 0.6 is 0 Å². The molecule has 0 fully saturated rings. The summed E-state index contributed by atoms with van der Waals surface area (Å²) in [6, 6.07) is 0.243. The minimum atomic E-state index is -2.84. The fourth-order valence-electron chi connectivity index (χ4n) is 0.828. The molecule has 0 spiro atoms. The number of nitrogens with two attached hydrogens (primary N) is 1. The Morgan fingerprint density at radius 1 is 1.46 bits per heavy atom. The minimum absolute atomic E-state index is 0.220. The predicted octanol–water partition coefficient (Wildman–Crippen LogP) is -0.300. The van der Waals surface area contributed by atoms with Crippen molar-refractivity contribution in [1.29, 1.82) is 0 Å². The van der Waals surface area contributed by atoms with Gasteiger partial charge in [-0.15, -0.1) is 0 Å². The Hall–Kier alpha value is -0.130. The Morgan fingerprint density at radius 3 is 2.38 bits per heavy atom. The van der Waals surface area contributed by atoms with Gasteiger partial charge >= 0.3 is 0 Å². The van der Waals surface area contributed by atoms with E-state index in [1.807, 2.05) is 18.9 Å². The van der Waals surface area contributed by atoms with E-state index in [1.54, 1.807) is 6.92 Å². The molecule has 0 bridgehead atoms. The van der Waals surface area contributed by atoms with Gasteiger partial charge < -0.3 is 10.6 Å². The number of likely N-dealkylation sites (N-methyl/N-ethyl adjacent to an activating group) is 1. The van der Waals surface area contributed by atoms with Crippen LogP contribution in [0.3, 0.4) is 0 Å². The second kappa shape index (κ2) is 5.57. The Labute approximate surface area is 81.0 Å². The van der Waals surface area contributed by atoms with E-state index in [0.29, 0.717) is 13.1 Å². The maximum Gasteiger partial charge on any atom is 0.151 e. The first kappa shape index (κ1) is 12.9. The fraction of sp³-hybridized carbons (Fsp3) is 1.00. The highest BCUT2D eigenvalue weighted by atomic mass is 32.2. The summed E-state index contributed by atoms with van der Waals surface area (Å²) in [5.74, 6) is 0.447. The maximum absolute atomic E-state index is 11.2. The van der Waals surface area contributed by atoms with Crippen LogP contribution in [0.4, 0.5) is 0 Å². The molecule has 0 radical (unpaired) electrons. The van der Waals surface area contributed by atoms with Crippen molar-refractivity contribution < 1.29 is 8.42 Å². The highest BCUT2D eigenvalue weighted by Gasteiger charge is 2.12. The molecule has 0 saturated carbocycles. The Balaban J connectivity index is 3.90. The number of hydrogen-bond donors (Lipinski definition) is 1. The van der Waals surface area contributed by atoms with Crippen LogP contribution in [0.5, 0.6) is 0 Å². The largest absolute Gasteiger partial charge is 0.329 e. The number of nitrogens with zero attached hydrogens (tertiary/aromatic N) is 1. The number of sulfone groups is 1. The number of rotatable bonds is 6. The lowest BCUT2D eigenvalue weighted by Crippen LogP contribution is -2.38. The van der Waals surface area contributed by atoms with Gasteiger partial charge in [-0.2, -0.15) is 0 Å². The normalized spacial score (nSPS) is 14.8. The monoisotopic (exact) mass is 208 g/mol. The van der Waals surface area contributed by atoms with Gasteiger partial charge in [0.15, 0.2) is 9.84 Å². The summed E-state index contributed by atoms with van der Waals surface area (Å²) in [6.07, 6.45) is 0. The van der Waals surface area contributed by atoms with Crippen molar-refractivity contribution in [3.63, 3.8) is 0 Å². The van der Waals surface area contributed by atoms with Crippen LogP contribution in [0, 0.1) is 0 Å². The lowest BCUT2D eigenvalue weighted by atomic mass is 10.3. The Morgan fingerprint density at radius 2 is 2.00 bits per heavy atom. The summed E-state index contributed by atoms with van der Waals surface area (Å²) >= 11 is 0. The van der Waals surface area contributed by atoms with Gasteiger partial charge in [0.05, 0.1) is 5.75 Å². The van der Waals surface area contributed by atoms with Gasteiger partial charge in [-0.3, -0.25) is 0 Å². The van der Waals surface area contributed by atoms with Gasteiger partial charge in [0, 0.05) is 24.9 Å². The second-order valence-electron chi connectivity index (χ2n) is 3.30. The van der Waals surface area contributed by atoms with Crippen molar-refractivity contribution in [2.75, 3.05) is 31.6 Å². The van der Waals surface area contributed by atoms with Gasteiger partial charge in [0.2, 0.25) is 0 Å². The molecule has 0 aromatic rings. The molecule has 0 aliphatic heterocycles. The molecule has 0 aromatic carbocycles. The van der Waals surface area contributed by atoms with Crippen molar-refractivity contribution in [2.45, 2.75) is 19.9 Å². The summed E-state index contributed by atoms with van der Waals surface area (Å²) in [5, 5.41) is 0. The molecular weight excluding hydrogens is 188 g/mol. The summed E-state index contributed by atoms with van der Waals surface area (Å²) in [6.45, 7) is 4.78. The van der Waals surface area contributed by atoms with E-state index in [1.165, 1.54) is 0 Å². The van der Waals surface area contributed by atoms with E-state index >= 15 is 0 Å². The standard InChI is InChI=1S/C8H20N2O2S/c1-4-13(11,12)6-5-10(3)8(2)7-9/h8H,4-7,9H2,1-3H3. The SMILES string of the molecule is CCS(=O)(=O)CCN(C)C(C)CN. The molecule has 5 heteroatoms. The van der Waals surface area contributed by atoms with Crippen molar-refractivity contribution in [3.05, 3.63) is 0 Å². The quantitative estimate of drug-likeness (QED) is 0.651. The zero-order valence-electron chi connectivity index (χ0n) is 8.66. The predicted molar refractivity (Wildman–Crippen MR) is 55.5 cm³/mol. The first-order valence-corrected chi connectivity index (χ1v) is 6.35. The Kier molecular flexibility index (Phi) is 5.51. The van der Waals surface area contributed by atoms with E-state index in [0.717, 1.165) is 0 Å². The van der Waals surface area contributed by atoms with E-state index in [9.17, 15) is 8.42 Å². The van der Waals surface area contributed by atoms with Gasteiger partial charge in [-0.1, -0.05) is 6.92 Å². The third kappa shape index (κ3) is 5.23. The smallest absolute Gasteiger partial charge is 0.151 e. The average molecular weight is 208 g/mol. The van der Waals surface area contributed by atoms with Gasteiger partial charge in [-0.25, -0.2) is 8.42 Å². The fourth-order valence-corrected chi connectivity index (χ4v) is 1.68. The molecular formula is C8H20N2O2S. The molecule has 0 aromatic heterocycles. The molecule has 13 heavy (non-hydrogen) atoms. The summed E-state index contributed by atoms with van der Waals surface area (Å²) < 4.78 is 22.3. The van der Waals surface area contributed by atoms with Gasteiger partial charge in [0.1, 0.15) is 0 Å². The van der Waals surface area contributed by atoms with E-state index in [4.69, 9.17) is 5.73 Å². The van der Waals surface area contributed by atoms with Crippen molar-refractivity contribution in [1.82, 2.24) is 4.90 Å². The molecule has 4 nitrogen and oxygen atoms in total. The zero-order valence-corrected chi connectivity index (χ0v) is 9.47. The molecule has 0 saturated heterocycles. The topological polar surface area (TPSA) is 63.4 Å². The van der Waals surface area contributed by atoms with E-state index in [2.05, 4.69) is 0 Å². The Bertz CT molecular complexity index is 226. The van der Waals surface area contributed by atoms with Crippen LogP contribution in [0.25, 0.3) is 0 Å². The summed E-state index contributed by atoms with van der Waals surface area (Å²) in [7, 11) is -0.947. The van der Waals surface area contributed by atoms with Crippen molar-refractivity contribution in [3.8, 4) is 0 Å². The van der Waals surface area contributed by atoms with Crippen molar-refractivity contribution >= 4 is 9.84 Å². The zero-order chi connectivity index (χ0) is 10.5. The third-order valence-corrected chi connectivity index (χ3v) is 3.97. The number of hydrogen-bond acceptors (Lipinski definition) is 4. The maximum atomic E-state index is 11.2. The summed E-state index contributed by atoms with van der Waals surface area (Å²) in [4.78, 5) is 1.97. The van der Waals surface area contributed by atoms with Crippen LogP contribution in [0.1, 0.15) is 13.8 Å².